The molecule has 0 saturated heterocycles. The highest BCUT2D eigenvalue weighted by molar-refractivity contribution is 5.86. The Kier molecular flexibility index (Phi) is 5.92. The van der Waals surface area contributed by atoms with Gasteiger partial charge in [-0.1, -0.05) is 31.8 Å². The van der Waals surface area contributed by atoms with E-state index < -0.39 is 17.8 Å². The molecule has 0 N–H and O–H groups in total. The number of methoxy groups -OCH3 is 1. The van der Waals surface area contributed by atoms with E-state index in [1.807, 2.05) is 13.8 Å². The molecule has 0 aliphatic rings. The van der Waals surface area contributed by atoms with Gasteiger partial charge in [0.2, 0.25) is 0 Å². The van der Waals surface area contributed by atoms with Gasteiger partial charge in [0.1, 0.15) is 5.75 Å². The highest BCUT2D eigenvalue weighted by Gasteiger charge is 2.38. The van der Waals surface area contributed by atoms with Gasteiger partial charge in [0, 0.05) is 5.56 Å². The molecule has 5 nitrogen and oxygen atoms in total. The molecule has 0 unspecified atom stereocenters. The maximum absolute atomic E-state index is 13.2. The number of halogens is 3. The SMILES string of the molecule is CCCc1cc2c(C(F)(F)F)noc2c(CCC)c1OCC(=O)OC. The Morgan fingerprint density at radius 3 is 2.48 bits per heavy atom. The molecule has 25 heavy (non-hydrogen) atoms. The second-order valence-electron chi connectivity index (χ2n) is 5.61. The maximum atomic E-state index is 13.2. The lowest BCUT2D eigenvalue weighted by molar-refractivity contribution is -0.143. The summed E-state index contributed by atoms with van der Waals surface area (Å²) >= 11 is 0. The lowest BCUT2D eigenvalue weighted by Crippen LogP contribution is -2.14. The van der Waals surface area contributed by atoms with E-state index in [9.17, 15) is 18.0 Å². The fourth-order valence-electron chi connectivity index (χ4n) is 2.69. The molecule has 1 heterocycles. The van der Waals surface area contributed by atoms with Crippen LogP contribution >= 0.6 is 0 Å². The fraction of sp³-hybridized carbons (Fsp3) is 0.529. The molecule has 0 radical (unpaired) electrons. The van der Waals surface area contributed by atoms with Crippen LogP contribution in [0.4, 0.5) is 13.2 Å². The Labute approximate surface area is 143 Å². The largest absolute Gasteiger partial charge is 0.481 e. The number of ether oxygens (including phenoxy) is 2. The van der Waals surface area contributed by atoms with Gasteiger partial charge in [0.25, 0.3) is 0 Å². The van der Waals surface area contributed by atoms with Crippen LogP contribution < -0.4 is 4.74 Å². The van der Waals surface area contributed by atoms with Crippen molar-refractivity contribution in [2.75, 3.05) is 13.7 Å². The quantitative estimate of drug-likeness (QED) is 0.690. The lowest BCUT2D eigenvalue weighted by Gasteiger charge is -2.15. The first kappa shape index (κ1) is 19.1. The van der Waals surface area contributed by atoms with E-state index in [-0.39, 0.29) is 17.6 Å². The highest BCUT2D eigenvalue weighted by atomic mass is 19.4. The molecule has 1 aromatic heterocycles. The van der Waals surface area contributed by atoms with Gasteiger partial charge >= 0.3 is 12.1 Å². The van der Waals surface area contributed by atoms with Crippen molar-refractivity contribution in [3.8, 4) is 5.75 Å². The van der Waals surface area contributed by atoms with Crippen LogP contribution in [-0.4, -0.2) is 24.8 Å². The Morgan fingerprint density at radius 1 is 1.24 bits per heavy atom. The van der Waals surface area contributed by atoms with Gasteiger partial charge in [0.15, 0.2) is 17.9 Å². The van der Waals surface area contributed by atoms with Crippen molar-refractivity contribution in [3.05, 3.63) is 22.9 Å². The summed E-state index contributed by atoms with van der Waals surface area (Å²) in [5.41, 5.74) is 0.0945. The maximum Gasteiger partial charge on any atom is 0.437 e. The second kappa shape index (κ2) is 7.76. The summed E-state index contributed by atoms with van der Waals surface area (Å²) in [5, 5.41) is 3.14. The number of carbonyl (C=O) groups is 1. The predicted octanol–water partition coefficient (Wildman–Crippen LogP) is 4.30. The number of carbonyl (C=O) groups excluding carboxylic acids is 1. The Balaban J connectivity index is 2.65. The van der Waals surface area contributed by atoms with Crippen LogP contribution in [0.1, 0.15) is 43.5 Å². The number of nitrogens with zero attached hydrogens (tertiary/aromatic N) is 1. The van der Waals surface area contributed by atoms with Crippen LogP contribution in [0.5, 0.6) is 5.75 Å². The number of fused-ring (bicyclic) bond motifs is 1. The summed E-state index contributed by atoms with van der Waals surface area (Å²) in [7, 11) is 1.24. The molecular weight excluding hydrogens is 339 g/mol. The molecule has 0 bridgehead atoms. The normalized spacial score (nSPS) is 11.8. The van der Waals surface area contributed by atoms with Crippen LogP contribution in [-0.2, 0) is 28.5 Å². The first-order chi connectivity index (χ1) is 11.8. The Hall–Kier alpha value is -2.25. The zero-order valence-electron chi connectivity index (χ0n) is 14.3. The average molecular weight is 359 g/mol. The number of hydrogen-bond donors (Lipinski definition) is 0. The van der Waals surface area contributed by atoms with Crippen molar-refractivity contribution in [3.63, 3.8) is 0 Å². The van der Waals surface area contributed by atoms with Crippen molar-refractivity contribution >= 4 is 16.9 Å². The van der Waals surface area contributed by atoms with Gasteiger partial charge < -0.3 is 14.0 Å². The van der Waals surface area contributed by atoms with E-state index in [1.54, 1.807) is 0 Å². The van der Waals surface area contributed by atoms with Gasteiger partial charge in [-0.15, -0.1) is 0 Å². The van der Waals surface area contributed by atoms with Gasteiger partial charge in [0.05, 0.1) is 12.5 Å². The summed E-state index contributed by atoms with van der Waals surface area (Å²) in [5.74, 6) is -0.190. The van der Waals surface area contributed by atoms with Crippen molar-refractivity contribution in [1.29, 1.82) is 0 Å². The molecule has 0 aliphatic carbocycles. The highest BCUT2D eigenvalue weighted by Crippen LogP contribution is 2.40. The third kappa shape index (κ3) is 4.05. The molecule has 2 aromatic rings. The minimum atomic E-state index is -4.60. The van der Waals surface area contributed by atoms with Crippen molar-refractivity contribution in [1.82, 2.24) is 5.16 Å². The molecule has 8 heteroatoms. The molecule has 0 spiro atoms. The monoisotopic (exact) mass is 359 g/mol. The van der Waals surface area contributed by atoms with Crippen LogP contribution in [0, 0.1) is 0 Å². The van der Waals surface area contributed by atoms with Crippen molar-refractivity contribution in [2.24, 2.45) is 0 Å². The molecule has 138 valence electrons. The number of esters is 1. The summed E-state index contributed by atoms with van der Waals surface area (Å²) in [6, 6.07) is 1.39. The van der Waals surface area contributed by atoms with E-state index >= 15 is 0 Å². The number of hydrogen-bond acceptors (Lipinski definition) is 5. The van der Waals surface area contributed by atoms with Crippen LogP contribution in [0.3, 0.4) is 0 Å². The number of aryl methyl sites for hydroxylation is 2. The summed E-state index contributed by atoms with van der Waals surface area (Å²) in [6.07, 6.45) is -2.28. The van der Waals surface area contributed by atoms with E-state index in [2.05, 4.69) is 9.89 Å². The van der Waals surface area contributed by atoms with Crippen molar-refractivity contribution < 1.29 is 32.0 Å². The van der Waals surface area contributed by atoms with Crippen LogP contribution in [0.25, 0.3) is 11.0 Å². The van der Waals surface area contributed by atoms with Gasteiger partial charge in [-0.3, -0.25) is 0 Å². The number of alkyl halides is 3. The zero-order chi connectivity index (χ0) is 18.6. The topological polar surface area (TPSA) is 61.6 Å². The Bertz CT molecular complexity index is 752. The fourth-order valence-corrected chi connectivity index (χ4v) is 2.69. The van der Waals surface area contributed by atoms with Crippen LogP contribution in [0.15, 0.2) is 10.6 Å². The minimum absolute atomic E-state index is 0.0499. The van der Waals surface area contributed by atoms with E-state index in [4.69, 9.17) is 9.26 Å². The smallest absolute Gasteiger partial charge is 0.437 e. The lowest BCUT2D eigenvalue weighted by atomic mass is 9.98. The minimum Gasteiger partial charge on any atom is -0.481 e. The first-order valence-corrected chi connectivity index (χ1v) is 8.04. The third-order valence-electron chi connectivity index (χ3n) is 3.74. The predicted molar refractivity (Wildman–Crippen MR) is 84.5 cm³/mol. The van der Waals surface area contributed by atoms with Gasteiger partial charge in [-0.2, -0.15) is 13.2 Å². The summed E-state index contributed by atoms with van der Waals surface area (Å²) in [6.45, 7) is 3.48. The van der Waals surface area contributed by atoms with E-state index in [0.717, 1.165) is 0 Å². The van der Waals surface area contributed by atoms with E-state index in [0.29, 0.717) is 42.6 Å². The van der Waals surface area contributed by atoms with E-state index in [1.165, 1.54) is 13.2 Å². The number of aromatic nitrogens is 1. The summed E-state index contributed by atoms with van der Waals surface area (Å²) in [4.78, 5) is 11.4. The molecule has 0 atom stereocenters. The molecular formula is C17H20F3NO4. The Morgan fingerprint density at radius 2 is 1.92 bits per heavy atom. The second-order valence-corrected chi connectivity index (χ2v) is 5.61. The standard InChI is InChI=1S/C17H20F3NO4/c1-4-6-10-8-12-15(25-21-16(12)17(18,19)20)11(7-5-2)14(10)24-9-13(22)23-3/h8H,4-7,9H2,1-3H3. The molecule has 0 saturated carbocycles. The third-order valence-corrected chi connectivity index (χ3v) is 3.74. The summed E-state index contributed by atoms with van der Waals surface area (Å²) < 4.78 is 54.7. The average Bonchev–Trinajstić information content (AvgIpc) is 2.98. The molecule has 2 rings (SSSR count). The molecule has 0 fully saturated rings. The van der Waals surface area contributed by atoms with Crippen LogP contribution in [0.2, 0.25) is 0 Å². The van der Waals surface area contributed by atoms with Gasteiger partial charge in [-0.05, 0) is 24.5 Å². The first-order valence-electron chi connectivity index (χ1n) is 8.04. The molecule has 1 aromatic carbocycles. The van der Waals surface area contributed by atoms with Crippen molar-refractivity contribution in [2.45, 2.75) is 45.7 Å². The number of rotatable bonds is 7. The van der Waals surface area contributed by atoms with Gasteiger partial charge in [-0.25, -0.2) is 4.79 Å². The molecule has 0 amide bonds. The number of benzene rings is 1. The molecule has 0 aliphatic heterocycles. The zero-order valence-corrected chi connectivity index (χ0v) is 14.3.